The molecule has 0 radical (unpaired) electrons. The van der Waals surface area contributed by atoms with Gasteiger partial charge in [0.25, 0.3) is 0 Å². The SMILES string of the molecule is Cc1cc2nc(CCN)n(CCN(C)C)c2cc1C. The molecule has 0 unspecified atom stereocenters. The quantitative estimate of drug-likeness (QED) is 0.890. The van der Waals surface area contributed by atoms with Gasteiger partial charge in [-0.25, -0.2) is 4.98 Å². The number of aryl methyl sites for hydroxylation is 2. The van der Waals surface area contributed by atoms with Crippen LogP contribution in [0, 0.1) is 13.8 Å². The average Bonchev–Trinajstić information content (AvgIpc) is 2.65. The molecule has 19 heavy (non-hydrogen) atoms. The van der Waals surface area contributed by atoms with Gasteiger partial charge in [0.1, 0.15) is 5.82 Å². The van der Waals surface area contributed by atoms with Gasteiger partial charge in [-0.1, -0.05) is 0 Å². The van der Waals surface area contributed by atoms with Crippen LogP contribution in [0.25, 0.3) is 11.0 Å². The van der Waals surface area contributed by atoms with Crippen molar-refractivity contribution in [2.45, 2.75) is 26.8 Å². The molecule has 104 valence electrons. The van der Waals surface area contributed by atoms with Crippen molar-refractivity contribution in [3.8, 4) is 0 Å². The van der Waals surface area contributed by atoms with E-state index < -0.39 is 0 Å². The molecule has 0 spiro atoms. The number of aromatic nitrogens is 2. The van der Waals surface area contributed by atoms with Crippen LogP contribution >= 0.6 is 0 Å². The third-order valence-electron chi connectivity index (χ3n) is 3.58. The second kappa shape index (κ2) is 5.72. The van der Waals surface area contributed by atoms with Crippen LogP contribution < -0.4 is 5.73 Å². The van der Waals surface area contributed by atoms with E-state index in [2.05, 4.69) is 49.5 Å². The molecule has 1 heterocycles. The zero-order valence-electron chi connectivity index (χ0n) is 12.4. The maximum Gasteiger partial charge on any atom is 0.111 e. The topological polar surface area (TPSA) is 47.1 Å². The molecule has 0 atom stereocenters. The standard InChI is InChI=1S/C15H24N4/c1-11-9-13-14(10-12(11)2)19(8-7-18(3)4)15(17-13)5-6-16/h9-10H,5-8,16H2,1-4H3. The van der Waals surface area contributed by atoms with Gasteiger partial charge in [0.2, 0.25) is 0 Å². The van der Waals surface area contributed by atoms with Crippen LogP contribution in [0.3, 0.4) is 0 Å². The molecule has 2 rings (SSSR count). The van der Waals surface area contributed by atoms with Crippen LogP contribution in [0.1, 0.15) is 17.0 Å². The molecule has 0 aliphatic heterocycles. The number of nitrogens with zero attached hydrogens (tertiary/aromatic N) is 3. The molecular formula is C15H24N4. The number of fused-ring (bicyclic) bond motifs is 1. The molecule has 4 nitrogen and oxygen atoms in total. The number of hydrogen-bond donors (Lipinski definition) is 1. The maximum absolute atomic E-state index is 5.70. The summed E-state index contributed by atoms with van der Waals surface area (Å²) >= 11 is 0. The number of imidazole rings is 1. The highest BCUT2D eigenvalue weighted by molar-refractivity contribution is 5.78. The fraction of sp³-hybridized carbons (Fsp3) is 0.533. The predicted octanol–water partition coefficient (Wildman–Crippen LogP) is 1.72. The molecule has 0 bridgehead atoms. The minimum atomic E-state index is 0.642. The molecule has 1 aromatic carbocycles. The van der Waals surface area contributed by atoms with E-state index in [9.17, 15) is 0 Å². The van der Waals surface area contributed by atoms with E-state index in [0.29, 0.717) is 6.54 Å². The molecule has 0 aliphatic carbocycles. The lowest BCUT2D eigenvalue weighted by Gasteiger charge is -2.13. The number of likely N-dealkylation sites (N-methyl/N-ethyl adjacent to an activating group) is 1. The zero-order valence-corrected chi connectivity index (χ0v) is 12.4. The average molecular weight is 260 g/mol. The Bertz CT molecular complexity index is 569. The van der Waals surface area contributed by atoms with Crippen LogP contribution in [0.2, 0.25) is 0 Å². The molecule has 0 aliphatic rings. The first kappa shape index (κ1) is 14.0. The van der Waals surface area contributed by atoms with Crippen LogP contribution in [0.15, 0.2) is 12.1 Å². The smallest absolute Gasteiger partial charge is 0.111 e. The molecule has 1 aromatic heterocycles. The minimum absolute atomic E-state index is 0.642. The summed E-state index contributed by atoms with van der Waals surface area (Å²) in [5.74, 6) is 1.10. The van der Waals surface area contributed by atoms with E-state index in [1.807, 2.05) is 0 Å². The number of benzene rings is 1. The van der Waals surface area contributed by atoms with Crippen molar-refractivity contribution in [1.82, 2.24) is 14.5 Å². The third-order valence-corrected chi connectivity index (χ3v) is 3.58. The lowest BCUT2D eigenvalue weighted by atomic mass is 10.1. The summed E-state index contributed by atoms with van der Waals surface area (Å²) in [6.45, 7) is 6.90. The Morgan fingerprint density at radius 3 is 2.53 bits per heavy atom. The first-order valence-electron chi connectivity index (χ1n) is 6.84. The molecule has 2 aromatic rings. The van der Waals surface area contributed by atoms with Crippen molar-refractivity contribution in [3.05, 3.63) is 29.1 Å². The summed E-state index contributed by atoms with van der Waals surface area (Å²) in [7, 11) is 4.19. The van der Waals surface area contributed by atoms with E-state index in [-0.39, 0.29) is 0 Å². The van der Waals surface area contributed by atoms with E-state index in [1.54, 1.807) is 0 Å². The monoisotopic (exact) mass is 260 g/mol. The Kier molecular flexibility index (Phi) is 4.22. The summed E-state index contributed by atoms with van der Waals surface area (Å²) in [5, 5.41) is 0. The van der Waals surface area contributed by atoms with Gasteiger partial charge in [-0.3, -0.25) is 0 Å². The fourth-order valence-electron chi connectivity index (χ4n) is 2.30. The molecule has 2 N–H and O–H groups in total. The second-order valence-electron chi connectivity index (χ2n) is 5.45. The highest BCUT2D eigenvalue weighted by atomic mass is 15.1. The van der Waals surface area contributed by atoms with E-state index >= 15 is 0 Å². The summed E-state index contributed by atoms with van der Waals surface area (Å²) < 4.78 is 2.31. The number of rotatable bonds is 5. The fourth-order valence-corrected chi connectivity index (χ4v) is 2.30. The summed E-state index contributed by atoms with van der Waals surface area (Å²) in [5.41, 5.74) is 10.6. The lowest BCUT2D eigenvalue weighted by molar-refractivity contribution is 0.383. The van der Waals surface area contributed by atoms with Gasteiger partial charge in [0, 0.05) is 19.5 Å². The first-order valence-corrected chi connectivity index (χ1v) is 6.84. The Morgan fingerprint density at radius 2 is 1.89 bits per heavy atom. The Hall–Kier alpha value is -1.39. The van der Waals surface area contributed by atoms with E-state index in [4.69, 9.17) is 10.7 Å². The number of hydrogen-bond acceptors (Lipinski definition) is 3. The molecule has 0 amide bonds. The lowest BCUT2D eigenvalue weighted by Crippen LogP contribution is -2.20. The van der Waals surface area contributed by atoms with Gasteiger partial charge >= 0.3 is 0 Å². The Balaban J connectivity index is 2.48. The molecule has 0 saturated heterocycles. The van der Waals surface area contributed by atoms with Gasteiger partial charge < -0.3 is 15.2 Å². The molecule has 0 saturated carbocycles. The Labute approximate surface area is 115 Å². The maximum atomic E-state index is 5.70. The van der Waals surface area contributed by atoms with Crippen molar-refractivity contribution < 1.29 is 0 Å². The number of nitrogens with two attached hydrogens (primary N) is 1. The van der Waals surface area contributed by atoms with Crippen molar-refractivity contribution in [2.24, 2.45) is 5.73 Å². The van der Waals surface area contributed by atoms with Gasteiger partial charge in [0.15, 0.2) is 0 Å². The van der Waals surface area contributed by atoms with Crippen molar-refractivity contribution in [1.29, 1.82) is 0 Å². The van der Waals surface area contributed by atoms with E-state index in [0.717, 1.165) is 30.9 Å². The summed E-state index contributed by atoms with van der Waals surface area (Å²) in [6, 6.07) is 4.42. The molecule has 4 heteroatoms. The summed E-state index contributed by atoms with van der Waals surface area (Å²) in [4.78, 5) is 6.94. The van der Waals surface area contributed by atoms with Crippen LogP contribution in [-0.4, -0.2) is 41.6 Å². The molecular weight excluding hydrogens is 236 g/mol. The van der Waals surface area contributed by atoms with Gasteiger partial charge in [-0.2, -0.15) is 0 Å². The van der Waals surface area contributed by atoms with Crippen LogP contribution in [0.5, 0.6) is 0 Å². The van der Waals surface area contributed by atoms with Crippen molar-refractivity contribution in [2.75, 3.05) is 27.2 Å². The largest absolute Gasteiger partial charge is 0.330 e. The zero-order chi connectivity index (χ0) is 14.0. The second-order valence-corrected chi connectivity index (χ2v) is 5.45. The summed E-state index contributed by atoms with van der Waals surface area (Å²) in [6.07, 6.45) is 0.834. The molecule has 0 fully saturated rings. The van der Waals surface area contributed by atoms with Gasteiger partial charge in [0.05, 0.1) is 11.0 Å². The van der Waals surface area contributed by atoms with Crippen molar-refractivity contribution in [3.63, 3.8) is 0 Å². The first-order chi connectivity index (χ1) is 9.02. The van der Waals surface area contributed by atoms with Gasteiger partial charge in [-0.15, -0.1) is 0 Å². The van der Waals surface area contributed by atoms with E-state index in [1.165, 1.54) is 16.6 Å². The van der Waals surface area contributed by atoms with Crippen LogP contribution in [-0.2, 0) is 13.0 Å². The highest BCUT2D eigenvalue weighted by Crippen LogP contribution is 2.21. The normalized spacial score (nSPS) is 11.7. The minimum Gasteiger partial charge on any atom is -0.330 e. The van der Waals surface area contributed by atoms with Crippen LogP contribution in [0.4, 0.5) is 0 Å². The predicted molar refractivity (Wildman–Crippen MR) is 80.5 cm³/mol. The van der Waals surface area contributed by atoms with Crippen molar-refractivity contribution >= 4 is 11.0 Å². The Morgan fingerprint density at radius 1 is 1.21 bits per heavy atom. The highest BCUT2D eigenvalue weighted by Gasteiger charge is 2.11. The van der Waals surface area contributed by atoms with Gasteiger partial charge in [-0.05, 0) is 57.7 Å². The third kappa shape index (κ3) is 2.96.